The van der Waals surface area contributed by atoms with Gasteiger partial charge in [0.25, 0.3) is 0 Å². The normalized spacial score (nSPS) is 12.9. The molecule has 0 aromatic heterocycles. The summed E-state index contributed by atoms with van der Waals surface area (Å²) in [4.78, 5) is 0. The molecule has 13 rings (SSSR count). The molecule has 0 aliphatic rings. The van der Waals surface area contributed by atoms with Gasteiger partial charge in [-0.25, -0.2) is 0 Å². The number of unbranched alkanes of at least 4 members (excludes halogenated alkanes) is 45. The van der Waals surface area contributed by atoms with E-state index in [4.69, 9.17) is 0 Å². The number of fused-ring (bicyclic) bond motifs is 6. The Balaban J connectivity index is 1.07. The molecule has 13 aromatic rings. The van der Waals surface area contributed by atoms with E-state index in [-0.39, 0.29) is 0 Å². The lowest BCUT2D eigenvalue weighted by atomic mass is 9.72. The van der Waals surface area contributed by atoms with Crippen molar-refractivity contribution in [3.8, 4) is 11.5 Å². The first kappa shape index (κ1) is 86.2. The van der Waals surface area contributed by atoms with Crippen molar-refractivity contribution in [2.75, 3.05) is 0 Å². The zero-order valence-electron chi connectivity index (χ0n) is 75.1. The highest BCUT2D eigenvalue weighted by Gasteiger charge is 2.42. The molecule has 0 nitrogen and oxygen atoms in total. The summed E-state index contributed by atoms with van der Waals surface area (Å²) in [6, 6.07) is 33.3. The summed E-state index contributed by atoms with van der Waals surface area (Å²) in [7, 11) is -2.12. The van der Waals surface area contributed by atoms with Gasteiger partial charge in [-0.15, -0.1) is 5.54 Å². The second-order valence-corrected chi connectivity index (χ2v) is 44.4. The summed E-state index contributed by atoms with van der Waals surface area (Å²) < 4.78 is 0. The summed E-state index contributed by atoms with van der Waals surface area (Å²) in [5, 5.41) is 36.9. The van der Waals surface area contributed by atoms with Gasteiger partial charge in [0.2, 0.25) is 0 Å². The Morgan fingerprint density at radius 3 is 0.474 bits per heavy atom. The van der Waals surface area contributed by atoms with Crippen molar-refractivity contribution >= 4 is 137 Å². The first-order valence-corrected chi connectivity index (χ1v) is 52.0. The first-order chi connectivity index (χ1) is 56.0. The minimum Gasteiger partial charge on any atom is -0.125 e. The molecular formula is C113H158Si. The summed E-state index contributed by atoms with van der Waals surface area (Å²) in [6.07, 6.45) is 74.0. The van der Waals surface area contributed by atoms with Crippen molar-refractivity contribution in [3.05, 3.63) is 106 Å². The fourth-order valence-electron chi connectivity index (χ4n) is 23.1. The van der Waals surface area contributed by atoms with Crippen molar-refractivity contribution in [2.24, 2.45) is 0 Å². The summed E-state index contributed by atoms with van der Waals surface area (Å²) in [5.41, 5.74) is 15.1. The number of hydrogen-bond donors (Lipinski definition) is 0. The van der Waals surface area contributed by atoms with Gasteiger partial charge >= 0.3 is 0 Å². The highest BCUT2D eigenvalue weighted by molar-refractivity contribution is 6.90. The van der Waals surface area contributed by atoms with Gasteiger partial charge in [0.15, 0.2) is 0 Å². The van der Waals surface area contributed by atoms with Crippen LogP contribution in [0.25, 0.3) is 129 Å². The van der Waals surface area contributed by atoms with E-state index in [1.54, 1.807) is 97.8 Å². The van der Waals surface area contributed by atoms with Gasteiger partial charge < -0.3 is 0 Å². The van der Waals surface area contributed by atoms with Crippen LogP contribution >= 0.6 is 0 Å². The van der Waals surface area contributed by atoms with Gasteiger partial charge in [0, 0.05) is 5.56 Å². The molecule has 0 atom stereocenters. The maximum absolute atomic E-state index is 4.37. The third kappa shape index (κ3) is 19.4. The Hall–Kier alpha value is -5.68. The average molecular weight is 1540 g/mol. The molecule has 0 amide bonds. The quantitative estimate of drug-likeness (QED) is 0.0117. The second-order valence-electron chi connectivity index (χ2n) is 38.8. The van der Waals surface area contributed by atoms with E-state index in [0.717, 1.165) is 32.1 Å². The van der Waals surface area contributed by atoms with Gasteiger partial charge in [0.05, 0.1) is 0 Å². The van der Waals surface area contributed by atoms with Gasteiger partial charge in [-0.2, -0.15) is 0 Å². The maximum Gasteiger partial charge on any atom is 0.146 e. The fourth-order valence-corrected chi connectivity index (χ4v) is 28.3. The molecule has 0 saturated carbocycles. The van der Waals surface area contributed by atoms with E-state index in [2.05, 4.69) is 160 Å². The SMILES string of the molecule is CCCCCCCCCCCCc1cc2c3cc(C#C[Si](C(C)C)(C(C)C)C(C)C)cc4c5cc(CCCCCCCCCCCC)cc6c7cc(CCCCCCCCCCCC)cc8c9cc(CCCCCCCCCCCC)cc%10c%11cc(CCCCCCCCCCCC)cc%12c(c1)c2c1c(c34)c(c56)c(c78)c(c%109)c1c%12%11. The van der Waals surface area contributed by atoms with E-state index in [0.29, 0.717) is 16.6 Å². The predicted molar refractivity (Wildman–Crippen MR) is 519 cm³/mol. The molecular weight excluding hydrogens is 1390 g/mol. The van der Waals surface area contributed by atoms with Crippen LogP contribution in [0.2, 0.25) is 16.6 Å². The minimum absolute atomic E-state index is 0.559. The molecule has 0 fully saturated rings. The van der Waals surface area contributed by atoms with Crippen LogP contribution in [-0.4, -0.2) is 8.07 Å². The zero-order valence-corrected chi connectivity index (χ0v) is 76.1. The largest absolute Gasteiger partial charge is 0.146 e. The zero-order chi connectivity index (χ0) is 79.3. The maximum atomic E-state index is 4.37. The summed E-state index contributed by atoms with van der Waals surface area (Å²) in [6.45, 7) is 26.8. The molecule has 0 saturated heterocycles. The van der Waals surface area contributed by atoms with Crippen molar-refractivity contribution in [2.45, 2.75) is 446 Å². The van der Waals surface area contributed by atoms with Crippen molar-refractivity contribution in [3.63, 3.8) is 0 Å². The molecule has 0 spiro atoms. The van der Waals surface area contributed by atoms with Crippen LogP contribution in [0.4, 0.5) is 0 Å². The van der Waals surface area contributed by atoms with Crippen LogP contribution in [0.5, 0.6) is 0 Å². The Labute approximate surface area is 696 Å². The molecule has 0 N–H and O–H groups in total. The van der Waals surface area contributed by atoms with E-state index in [1.165, 1.54) is 386 Å². The van der Waals surface area contributed by atoms with Crippen LogP contribution < -0.4 is 0 Å². The number of aryl methyl sites for hydroxylation is 5. The molecule has 0 radical (unpaired) electrons. The lowest BCUT2D eigenvalue weighted by molar-refractivity contribution is 0.556. The molecule has 0 aliphatic carbocycles. The topological polar surface area (TPSA) is 0 Å². The van der Waals surface area contributed by atoms with Crippen LogP contribution in [0.1, 0.15) is 431 Å². The van der Waals surface area contributed by atoms with Crippen molar-refractivity contribution in [1.82, 2.24) is 0 Å². The minimum atomic E-state index is -2.12. The molecule has 1 heteroatoms. The lowest BCUT2D eigenvalue weighted by Crippen LogP contribution is -2.43. The molecule has 0 aliphatic heterocycles. The average Bonchev–Trinajstić information content (AvgIpc) is 0.642. The van der Waals surface area contributed by atoms with Crippen LogP contribution in [0.3, 0.4) is 0 Å². The third-order valence-corrected chi connectivity index (χ3v) is 35.5. The summed E-state index contributed by atoms with van der Waals surface area (Å²) in [5.74, 6) is 4.24. The van der Waals surface area contributed by atoms with Gasteiger partial charge in [-0.05, 0) is 250 Å². The molecule has 0 unspecified atom stereocenters. The number of benzene rings is 13. The fraction of sp³-hybridized carbons (Fsp3) is 0.611. The van der Waals surface area contributed by atoms with E-state index in [1.807, 2.05) is 0 Å². The first-order valence-electron chi connectivity index (χ1n) is 49.8. The van der Waals surface area contributed by atoms with E-state index < -0.39 is 8.07 Å². The van der Waals surface area contributed by atoms with E-state index >= 15 is 0 Å². The van der Waals surface area contributed by atoms with Crippen molar-refractivity contribution in [1.29, 1.82) is 0 Å². The molecule has 13 aromatic carbocycles. The standard InChI is InChI=1S/C113H158Si/c1-12-17-22-27-32-37-42-47-52-57-62-84-69-90-92-71-85(63-58-53-48-43-38-33-28-23-18-13-2)73-94-96-75-87(65-60-55-50-45-40-35-30-25-20-15-4)77-98-100-79-89(67-68-114(81(6)7,82(8)9)83(10)11)80-101-99-78-88(66-61-56-51-46-41-36-31-26-21-16-5)76-97-95-74-86(64-59-54-49-44-39-34-29-24-19-14-3)72-93-91(70-84)102(90)108-109(103(92)94)111(105(96)98)113(107(100)101)112(106(97)99)110(108)104(93)95/h69-83H,12-66H2,1-11H3. The molecule has 0 bridgehead atoms. The molecule has 614 valence electrons. The predicted octanol–water partition coefficient (Wildman–Crippen LogP) is 38.0. The van der Waals surface area contributed by atoms with Crippen LogP contribution in [-0.2, 0) is 32.1 Å². The number of rotatable bonds is 58. The third-order valence-electron chi connectivity index (χ3n) is 29.3. The Kier molecular flexibility index (Phi) is 32.4. The Bertz CT molecular complexity index is 4800. The van der Waals surface area contributed by atoms with Crippen LogP contribution in [0.15, 0.2) is 72.8 Å². The summed E-state index contributed by atoms with van der Waals surface area (Å²) >= 11 is 0. The lowest BCUT2D eigenvalue weighted by Gasteiger charge is -2.38. The molecule has 114 heavy (non-hydrogen) atoms. The molecule has 0 heterocycles. The van der Waals surface area contributed by atoms with Gasteiger partial charge in [0.1, 0.15) is 8.07 Å². The number of hydrogen-bond acceptors (Lipinski definition) is 0. The Morgan fingerprint density at radius 2 is 0.325 bits per heavy atom. The van der Waals surface area contributed by atoms with Crippen LogP contribution in [0, 0.1) is 11.5 Å². The van der Waals surface area contributed by atoms with Gasteiger partial charge in [-0.3, -0.25) is 0 Å². The van der Waals surface area contributed by atoms with E-state index in [9.17, 15) is 0 Å². The highest BCUT2D eigenvalue weighted by atomic mass is 28.3. The second kappa shape index (κ2) is 42.8. The Morgan fingerprint density at radius 1 is 0.184 bits per heavy atom. The monoisotopic (exact) mass is 1540 g/mol. The van der Waals surface area contributed by atoms with Crippen molar-refractivity contribution < 1.29 is 0 Å². The van der Waals surface area contributed by atoms with Gasteiger partial charge in [-0.1, -0.05) is 432 Å². The highest BCUT2D eigenvalue weighted by Crippen LogP contribution is 2.61. The smallest absolute Gasteiger partial charge is 0.125 e.